The molecule has 0 fully saturated rings. The second-order valence-corrected chi connectivity index (χ2v) is 7.53. The highest BCUT2D eigenvalue weighted by molar-refractivity contribution is 5.76. The zero-order chi connectivity index (χ0) is 19.6. The number of fused-ring (bicyclic) bond motifs is 1. The minimum atomic E-state index is -0.622. The van der Waals surface area contributed by atoms with Crippen molar-refractivity contribution in [3.05, 3.63) is 34.5 Å². The van der Waals surface area contributed by atoms with Crippen molar-refractivity contribution in [3.63, 3.8) is 0 Å². The van der Waals surface area contributed by atoms with Crippen LogP contribution in [0.15, 0.2) is 10.6 Å². The first-order chi connectivity index (χ1) is 12.8. The van der Waals surface area contributed by atoms with Crippen LogP contribution in [0.4, 0.5) is 0 Å². The summed E-state index contributed by atoms with van der Waals surface area (Å²) in [4.78, 5) is 16.6. The molecule has 2 aromatic rings. The van der Waals surface area contributed by atoms with E-state index in [0.29, 0.717) is 31.6 Å². The number of aromatic nitrogens is 3. The summed E-state index contributed by atoms with van der Waals surface area (Å²) in [5.74, 6) is 0.911. The zero-order valence-corrected chi connectivity index (χ0v) is 16.6. The smallest absolute Gasteiger partial charge is 0.223 e. The largest absolute Gasteiger partial charge is 0.385 e. The van der Waals surface area contributed by atoms with Gasteiger partial charge >= 0.3 is 0 Å². The van der Waals surface area contributed by atoms with E-state index in [1.165, 1.54) is 0 Å². The average Bonchev–Trinajstić information content (AvgIpc) is 3.08. The predicted molar refractivity (Wildman–Crippen MR) is 100 cm³/mol. The van der Waals surface area contributed by atoms with Crippen LogP contribution in [-0.4, -0.2) is 62.9 Å². The van der Waals surface area contributed by atoms with E-state index in [1.807, 2.05) is 48.5 Å². The highest BCUT2D eigenvalue weighted by Gasteiger charge is 2.23. The fourth-order valence-corrected chi connectivity index (χ4v) is 3.55. The van der Waals surface area contributed by atoms with Crippen LogP contribution in [0.3, 0.4) is 0 Å². The minimum absolute atomic E-state index is 0.125. The summed E-state index contributed by atoms with van der Waals surface area (Å²) in [6.45, 7) is 6.32. The van der Waals surface area contributed by atoms with E-state index in [9.17, 15) is 9.90 Å². The Labute approximate surface area is 159 Å². The molecule has 0 radical (unpaired) electrons. The number of nitrogens with zero attached hydrogens (tertiary/aromatic N) is 5. The Bertz CT molecular complexity index is 776. The van der Waals surface area contributed by atoms with E-state index >= 15 is 0 Å². The summed E-state index contributed by atoms with van der Waals surface area (Å²) in [6.07, 6.45) is 1.31. The Morgan fingerprint density at radius 1 is 1.37 bits per heavy atom. The fourth-order valence-electron chi connectivity index (χ4n) is 3.55. The molecule has 1 N–H and O–H groups in total. The summed E-state index contributed by atoms with van der Waals surface area (Å²) in [5, 5.41) is 18.8. The van der Waals surface area contributed by atoms with Crippen LogP contribution in [0.5, 0.6) is 0 Å². The zero-order valence-electron chi connectivity index (χ0n) is 16.6. The van der Waals surface area contributed by atoms with Gasteiger partial charge in [-0.3, -0.25) is 9.48 Å². The van der Waals surface area contributed by atoms with Crippen LogP contribution in [0, 0.1) is 13.8 Å². The maximum Gasteiger partial charge on any atom is 0.223 e. The maximum atomic E-state index is 12.8. The van der Waals surface area contributed by atoms with Gasteiger partial charge in [-0.2, -0.15) is 5.10 Å². The summed E-state index contributed by atoms with van der Waals surface area (Å²) in [6, 6.07) is 1.92. The van der Waals surface area contributed by atoms with Gasteiger partial charge in [0.25, 0.3) is 0 Å². The number of hydrogen-bond acceptors (Lipinski definition) is 6. The standard InChI is InChI=1S/C19H29N5O3/c1-13-16(14(2)27-21-13)6-7-19(26)23-8-5-9-24-15(11-23)10-17(20-24)18(25)12-22(3)4/h10,18,25H,5-9,11-12H2,1-4H3. The number of likely N-dealkylation sites (N-methyl/N-ethyl adjacent to an activating group) is 1. The van der Waals surface area contributed by atoms with Crippen LogP contribution in [-0.2, 0) is 24.3 Å². The van der Waals surface area contributed by atoms with Crippen LogP contribution in [0.1, 0.15) is 47.4 Å². The number of carbonyl (C=O) groups is 1. The lowest BCUT2D eigenvalue weighted by atomic mass is 10.1. The van der Waals surface area contributed by atoms with Crippen LogP contribution in [0.25, 0.3) is 0 Å². The predicted octanol–water partition coefficient (Wildman–Crippen LogP) is 1.45. The Morgan fingerprint density at radius 2 is 2.15 bits per heavy atom. The van der Waals surface area contributed by atoms with E-state index in [2.05, 4.69) is 10.3 Å². The molecule has 148 valence electrons. The first-order valence-electron chi connectivity index (χ1n) is 9.44. The van der Waals surface area contributed by atoms with Crippen molar-refractivity contribution in [1.29, 1.82) is 0 Å². The lowest BCUT2D eigenvalue weighted by Gasteiger charge is -2.20. The van der Waals surface area contributed by atoms with Crippen molar-refractivity contribution in [3.8, 4) is 0 Å². The molecule has 1 atom stereocenters. The normalized spacial score (nSPS) is 15.7. The molecular weight excluding hydrogens is 346 g/mol. The number of aryl methyl sites for hydroxylation is 3. The molecule has 0 aromatic carbocycles. The number of amides is 1. The van der Waals surface area contributed by atoms with Gasteiger partial charge in [-0.05, 0) is 46.9 Å². The quantitative estimate of drug-likeness (QED) is 0.822. The van der Waals surface area contributed by atoms with Crippen LogP contribution >= 0.6 is 0 Å². The first-order valence-corrected chi connectivity index (χ1v) is 9.44. The number of hydrogen-bond donors (Lipinski definition) is 1. The second kappa shape index (κ2) is 8.22. The van der Waals surface area contributed by atoms with Gasteiger partial charge in [0, 0.05) is 31.6 Å². The molecule has 1 aliphatic heterocycles. The molecular formula is C19H29N5O3. The maximum absolute atomic E-state index is 12.8. The summed E-state index contributed by atoms with van der Waals surface area (Å²) >= 11 is 0. The molecule has 8 heteroatoms. The third-order valence-corrected chi connectivity index (χ3v) is 5.04. The number of rotatable bonds is 6. The van der Waals surface area contributed by atoms with Gasteiger partial charge in [0.2, 0.25) is 5.91 Å². The molecule has 8 nitrogen and oxygen atoms in total. The molecule has 3 heterocycles. The van der Waals surface area contributed by atoms with Crippen molar-refractivity contribution in [1.82, 2.24) is 24.7 Å². The monoisotopic (exact) mass is 375 g/mol. The van der Waals surface area contributed by atoms with E-state index in [1.54, 1.807) is 0 Å². The van der Waals surface area contributed by atoms with E-state index in [-0.39, 0.29) is 5.91 Å². The minimum Gasteiger partial charge on any atom is -0.385 e. The second-order valence-electron chi connectivity index (χ2n) is 7.53. The molecule has 3 rings (SSSR count). The van der Waals surface area contributed by atoms with Crippen LogP contribution < -0.4 is 0 Å². The molecule has 0 aliphatic carbocycles. The van der Waals surface area contributed by atoms with E-state index < -0.39 is 6.10 Å². The third-order valence-electron chi connectivity index (χ3n) is 5.04. The summed E-state index contributed by atoms with van der Waals surface area (Å²) in [7, 11) is 3.84. The Hall–Kier alpha value is -2.19. The van der Waals surface area contributed by atoms with Gasteiger partial charge in [-0.25, -0.2) is 0 Å². The highest BCUT2D eigenvalue weighted by atomic mass is 16.5. The lowest BCUT2D eigenvalue weighted by molar-refractivity contribution is -0.131. The average molecular weight is 375 g/mol. The molecule has 1 aliphatic rings. The van der Waals surface area contributed by atoms with Gasteiger partial charge in [0.1, 0.15) is 11.9 Å². The van der Waals surface area contributed by atoms with Gasteiger partial charge in [-0.1, -0.05) is 5.16 Å². The Morgan fingerprint density at radius 3 is 2.81 bits per heavy atom. The molecule has 27 heavy (non-hydrogen) atoms. The molecule has 1 amide bonds. The first kappa shape index (κ1) is 19.6. The number of carbonyl (C=O) groups excluding carboxylic acids is 1. The number of aliphatic hydroxyl groups excluding tert-OH is 1. The molecule has 0 saturated carbocycles. The SMILES string of the molecule is Cc1noc(C)c1CCC(=O)N1CCCn2nc(C(O)CN(C)C)cc2C1. The van der Waals surface area contributed by atoms with Gasteiger partial charge in [-0.15, -0.1) is 0 Å². The van der Waals surface area contributed by atoms with E-state index in [0.717, 1.165) is 42.2 Å². The van der Waals surface area contributed by atoms with Gasteiger partial charge < -0.3 is 19.4 Å². The molecule has 1 unspecified atom stereocenters. The van der Waals surface area contributed by atoms with E-state index in [4.69, 9.17) is 4.52 Å². The highest BCUT2D eigenvalue weighted by Crippen LogP contribution is 2.20. The van der Waals surface area contributed by atoms with Crippen molar-refractivity contribution in [2.24, 2.45) is 0 Å². The summed E-state index contributed by atoms with van der Waals surface area (Å²) < 4.78 is 7.10. The Kier molecular flexibility index (Phi) is 5.96. The number of aliphatic hydroxyl groups is 1. The van der Waals surface area contributed by atoms with Crippen molar-refractivity contribution in [2.75, 3.05) is 27.2 Å². The van der Waals surface area contributed by atoms with Gasteiger partial charge in [0.05, 0.1) is 23.6 Å². The lowest BCUT2D eigenvalue weighted by Crippen LogP contribution is -2.31. The molecule has 0 spiro atoms. The summed E-state index contributed by atoms with van der Waals surface area (Å²) in [5.41, 5.74) is 3.53. The molecule has 2 aromatic heterocycles. The molecule has 0 bridgehead atoms. The Balaban J connectivity index is 1.65. The van der Waals surface area contributed by atoms with Crippen LogP contribution in [0.2, 0.25) is 0 Å². The van der Waals surface area contributed by atoms with Crippen molar-refractivity contribution < 1.29 is 14.4 Å². The molecule has 0 saturated heterocycles. The third kappa shape index (κ3) is 4.56. The van der Waals surface area contributed by atoms with Crippen molar-refractivity contribution in [2.45, 2.75) is 52.3 Å². The van der Waals surface area contributed by atoms with Crippen molar-refractivity contribution >= 4 is 5.91 Å². The topological polar surface area (TPSA) is 87.6 Å². The van der Waals surface area contributed by atoms with Gasteiger partial charge in [0.15, 0.2) is 0 Å². The fraction of sp³-hybridized carbons (Fsp3) is 0.632.